The van der Waals surface area contributed by atoms with Crippen LogP contribution in [0.1, 0.15) is 18.4 Å². The first-order chi connectivity index (χ1) is 27.3. The molecule has 0 radical (unpaired) electrons. The van der Waals surface area contributed by atoms with Gasteiger partial charge in [-0.3, -0.25) is 0 Å². The number of allylic oxidation sites excluding steroid dienone is 4. The lowest BCUT2D eigenvalue weighted by Gasteiger charge is -2.17. The molecule has 11 rings (SSSR count). The maximum Gasteiger partial charge on any atom is 0.164 e. The van der Waals surface area contributed by atoms with E-state index in [0.29, 0.717) is 17.5 Å². The number of nitrogens with zero attached hydrogens (tertiary/aromatic N) is 4. The molecule has 10 aromatic rings. The maximum atomic E-state index is 5.08. The van der Waals surface area contributed by atoms with Crippen molar-refractivity contribution in [2.75, 3.05) is 0 Å². The molecule has 0 aliphatic heterocycles. The minimum absolute atomic E-state index is 0.647. The second-order valence-corrected chi connectivity index (χ2v) is 14.3. The van der Waals surface area contributed by atoms with Gasteiger partial charge in [0, 0.05) is 32.8 Å². The van der Waals surface area contributed by atoms with Gasteiger partial charge in [0.1, 0.15) is 0 Å². The highest BCUT2D eigenvalue weighted by Gasteiger charge is 2.20. The van der Waals surface area contributed by atoms with E-state index >= 15 is 0 Å². The molecule has 0 saturated heterocycles. The van der Waals surface area contributed by atoms with Crippen LogP contribution in [-0.4, -0.2) is 19.5 Å². The van der Waals surface area contributed by atoms with Crippen LogP contribution >= 0.6 is 0 Å². The average Bonchev–Trinajstić information content (AvgIpc) is 3.60. The van der Waals surface area contributed by atoms with Gasteiger partial charge in [-0.1, -0.05) is 152 Å². The third-order valence-corrected chi connectivity index (χ3v) is 11.1. The Morgan fingerprint density at radius 2 is 0.964 bits per heavy atom. The van der Waals surface area contributed by atoms with Crippen molar-refractivity contribution in [1.29, 1.82) is 0 Å². The fourth-order valence-corrected chi connectivity index (χ4v) is 8.52. The van der Waals surface area contributed by atoms with E-state index in [4.69, 9.17) is 15.0 Å². The van der Waals surface area contributed by atoms with Crippen molar-refractivity contribution in [2.24, 2.45) is 0 Å². The first-order valence-corrected chi connectivity index (χ1v) is 18.9. The highest BCUT2D eigenvalue weighted by atomic mass is 15.0. The van der Waals surface area contributed by atoms with E-state index in [1.54, 1.807) is 0 Å². The Balaban J connectivity index is 1.17. The molecule has 0 saturated carbocycles. The number of rotatable bonds is 5. The van der Waals surface area contributed by atoms with Crippen LogP contribution in [0.5, 0.6) is 0 Å². The van der Waals surface area contributed by atoms with E-state index in [9.17, 15) is 0 Å². The van der Waals surface area contributed by atoms with Crippen LogP contribution in [0.15, 0.2) is 182 Å². The van der Waals surface area contributed by atoms with E-state index in [-0.39, 0.29) is 0 Å². The van der Waals surface area contributed by atoms with Gasteiger partial charge in [-0.2, -0.15) is 0 Å². The van der Waals surface area contributed by atoms with Crippen LogP contribution in [0.3, 0.4) is 0 Å². The van der Waals surface area contributed by atoms with Crippen molar-refractivity contribution in [1.82, 2.24) is 19.5 Å². The molecular weight excluding hydrogens is 669 g/mol. The molecule has 8 aromatic carbocycles. The predicted molar refractivity (Wildman–Crippen MR) is 229 cm³/mol. The standard InChI is InChI=1S/C51H34N4/c1-4-15-33(16-5-1)36-28-30-46-44(31-36)40-22-12-13-25-45(40)55(46)47-26-14-24-42-43-32-37(27-29-39(43)38-21-10-11-23-41(38)48(42)47)51-53-49(34-17-6-2-7-18-34)52-50(54-51)35-19-8-3-9-20-35/h1-4,6-15,17-32H,5,16H2. The molecule has 0 atom stereocenters. The average molecular weight is 703 g/mol. The number of hydrogen-bond donors (Lipinski definition) is 0. The fraction of sp³-hybridized carbons (Fsp3) is 0.0392. The number of aromatic nitrogens is 4. The number of hydrogen-bond acceptors (Lipinski definition) is 3. The van der Waals surface area contributed by atoms with E-state index < -0.39 is 0 Å². The first-order valence-electron chi connectivity index (χ1n) is 18.9. The second kappa shape index (κ2) is 12.8. The van der Waals surface area contributed by atoms with Crippen molar-refractivity contribution >= 4 is 59.7 Å². The van der Waals surface area contributed by atoms with E-state index in [2.05, 4.69) is 150 Å². The van der Waals surface area contributed by atoms with Crippen molar-refractivity contribution in [3.05, 3.63) is 188 Å². The SMILES string of the molecule is C1=CCCC(c2ccc3c(c2)c2ccccc2n3-c2cccc3c4cc(-c5nc(-c6ccccc6)nc(-c6ccccc6)n5)ccc4c4ccccc4c23)=C1. The normalized spacial score (nSPS) is 13.0. The lowest BCUT2D eigenvalue weighted by atomic mass is 9.92. The van der Waals surface area contributed by atoms with Crippen molar-refractivity contribution in [2.45, 2.75) is 12.8 Å². The van der Waals surface area contributed by atoms with Gasteiger partial charge >= 0.3 is 0 Å². The molecule has 0 N–H and O–H groups in total. The van der Waals surface area contributed by atoms with Crippen LogP contribution in [0.4, 0.5) is 0 Å². The Kier molecular flexibility index (Phi) is 7.27. The summed E-state index contributed by atoms with van der Waals surface area (Å²) in [5.41, 5.74) is 9.11. The third-order valence-electron chi connectivity index (χ3n) is 11.1. The van der Waals surface area contributed by atoms with Gasteiger partial charge in [-0.25, -0.2) is 15.0 Å². The molecule has 2 heterocycles. The van der Waals surface area contributed by atoms with E-state index in [1.807, 2.05) is 36.4 Å². The summed E-state index contributed by atoms with van der Waals surface area (Å²) in [6, 6.07) is 58.4. The molecule has 2 aromatic heterocycles. The Labute approximate surface area is 318 Å². The molecule has 0 fully saturated rings. The maximum absolute atomic E-state index is 5.08. The zero-order chi connectivity index (χ0) is 36.3. The van der Waals surface area contributed by atoms with Crippen molar-refractivity contribution < 1.29 is 0 Å². The third kappa shape index (κ3) is 5.18. The summed E-state index contributed by atoms with van der Waals surface area (Å²) in [6.45, 7) is 0. The fourth-order valence-electron chi connectivity index (χ4n) is 8.52. The lowest BCUT2D eigenvalue weighted by molar-refractivity contribution is 1.05. The summed E-state index contributed by atoms with van der Waals surface area (Å²) in [5.74, 6) is 1.95. The first kappa shape index (κ1) is 31.4. The minimum Gasteiger partial charge on any atom is -0.309 e. The Bertz CT molecular complexity index is 3130. The predicted octanol–water partition coefficient (Wildman–Crippen LogP) is 13.2. The molecule has 1 aliphatic carbocycles. The van der Waals surface area contributed by atoms with Gasteiger partial charge in [-0.05, 0) is 81.2 Å². The summed E-state index contributed by atoms with van der Waals surface area (Å²) in [5, 5.41) is 9.75. The molecule has 258 valence electrons. The Hall–Kier alpha value is -7.17. The highest BCUT2D eigenvalue weighted by molar-refractivity contribution is 6.28. The molecular formula is C51H34N4. The van der Waals surface area contributed by atoms with E-state index in [1.165, 1.54) is 59.9 Å². The van der Waals surface area contributed by atoms with Gasteiger partial charge in [0.2, 0.25) is 0 Å². The molecule has 0 amide bonds. The Morgan fingerprint density at radius 1 is 0.400 bits per heavy atom. The second-order valence-electron chi connectivity index (χ2n) is 14.3. The van der Waals surface area contributed by atoms with Crippen LogP contribution in [0.25, 0.3) is 99.5 Å². The van der Waals surface area contributed by atoms with Crippen molar-refractivity contribution in [3.63, 3.8) is 0 Å². The minimum atomic E-state index is 0.647. The molecule has 1 aliphatic rings. The monoisotopic (exact) mass is 702 g/mol. The summed E-state index contributed by atoms with van der Waals surface area (Å²) in [6.07, 6.45) is 8.85. The van der Waals surface area contributed by atoms with Crippen molar-refractivity contribution in [3.8, 4) is 39.9 Å². The van der Waals surface area contributed by atoms with Gasteiger partial charge in [0.05, 0.1) is 16.7 Å². The molecule has 4 nitrogen and oxygen atoms in total. The van der Waals surface area contributed by atoms with E-state index in [0.717, 1.165) is 40.6 Å². The Morgan fingerprint density at radius 3 is 1.69 bits per heavy atom. The van der Waals surface area contributed by atoms with Crippen LogP contribution in [0.2, 0.25) is 0 Å². The van der Waals surface area contributed by atoms with Gasteiger partial charge in [-0.15, -0.1) is 0 Å². The molecule has 0 spiro atoms. The number of benzene rings is 8. The molecule has 0 unspecified atom stereocenters. The molecule has 0 bridgehead atoms. The van der Waals surface area contributed by atoms with Gasteiger partial charge in [0.25, 0.3) is 0 Å². The summed E-state index contributed by atoms with van der Waals surface area (Å²) >= 11 is 0. The van der Waals surface area contributed by atoms with Crippen LogP contribution < -0.4 is 0 Å². The lowest BCUT2D eigenvalue weighted by Crippen LogP contribution is -2.00. The van der Waals surface area contributed by atoms with Crippen LogP contribution in [0, 0.1) is 0 Å². The summed E-state index contributed by atoms with van der Waals surface area (Å²) < 4.78 is 2.47. The summed E-state index contributed by atoms with van der Waals surface area (Å²) in [4.78, 5) is 15.1. The molecule has 55 heavy (non-hydrogen) atoms. The number of para-hydroxylation sites is 1. The van der Waals surface area contributed by atoms with Gasteiger partial charge in [0.15, 0.2) is 17.5 Å². The quantitative estimate of drug-likeness (QED) is 0.168. The zero-order valence-electron chi connectivity index (χ0n) is 30.0. The topological polar surface area (TPSA) is 43.6 Å². The molecule has 4 heteroatoms. The largest absolute Gasteiger partial charge is 0.309 e. The number of fused-ring (bicyclic) bond motifs is 9. The van der Waals surface area contributed by atoms with Crippen LogP contribution in [-0.2, 0) is 0 Å². The highest BCUT2D eigenvalue weighted by Crippen LogP contribution is 2.42. The summed E-state index contributed by atoms with van der Waals surface area (Å²) in [7, 11) is 0. The smallest absolute Gasteiger partial charge is 0.164 e. The zero-order valence-corrected chi connectivity index (χ0v) is 30.0. The van der Waals surface area contributed by atoms with Gasteiger partial charge < -0.3 is 4.57 Å².